The number of hydroxylamine groups is 2. The molecule has 238 valence electrons. The van der Waals surface area contributed by atoms with Gasteiger partial charge in [0.2, 0.25) is 5.91 Å². The van der Waals surface area contributed by atoms with E-state index in [9.17, 15) is 19.2 Å². The Bertz CT molecular complexity index is 1390. The average Bonchev–Trinajstić information content (AvgIpc) is 3.51. The minimum Gasteiger partial charge on any atom is -0.444 e. The van der Waals surface area contributed by atoms with Crippen molar-refractivity contribution in [2.24, 2.45) is 5.92 Å². The lowest BCUT2D eigenvalue weighted by atomic mass is 9.96. The minimum absolute atomic E-state index is 0.0480. The summed E-state index contributed by atoms with van der Waals surface area (Å²) in [4.78, 5) is 61.5. The van der Waals surface area contributed by atoms with Crippen molar-refractivity contribution >= 4 is 24.1 Å². The lowest BCUT2D eigenvalue weighted by Gasteiger charge is -2.32. The first-order valence-electron chi connectivity index (χ1n) is 15.1. The molecular formula is C31H42N6O7. The number of hydrogen-bond acceptors (Lipinski definition) is 8. The number of carbonyl (C=O) groups is 4. The van der Waals surface area contributed by atoms with E-state index in [1.807, 2.05) is 51.1 Å². The fraction of sp³-hybridized carbons (Fsp3) is 0.581. The number of carbonyl (C=O) groups excluding carboxylic acids is 4. The largest absolute Gasteiger partial charge is 0.444 e. The number of alkyl carbamates (subject to hydrolysis) is 1. The maximum atomic E-state index is 13.7. The third-order valence-corrected chi connectivity index (χ3v) is 7.68. The van der Waals surface area contributed by atoms with Crippen molar-refractivity contribution < 1.29 is 33.5 Å². The molecule has 1 N–H and O–H groups in total. The summed E-state index contributed by atoms with van der Waals surface area (Å²) in [7, 11) is 0. The summed E-state index contributed by atoms with van der Waals surface area (Å²) in [5.41, 5.74) is 0.837. The van der Waals surface area contributed by atoms with Crippen LogP contribution in [0.25, 0.3) is 0 Å². The van der Waals surface area contributed by atoms with E-state index in [0.717, 1.165) is 5.56 Å². The van der Waals surface area contributed by atoms with Gasteiger partial charge in [-0.3, -0.25) is 9.63 Å². The van der Waals surface area contributed by atoms with Crippen LogP contribution in [0.1, 0.15) is 88.1 Å². The molecule has 44 heavy (non-hydrogen) atoms. The van der Waals surface area contributed by atoms with Crippen molar-refractivity contribution in [2.75, 3.05) is 26.2 Å². The number of nitrogens with zero attached hydrogens (tertiary/aromatic N) is 5. The Balaban J connectivity index is 1.34. The Hall–Kier alpha value is -4.13. The number of rotatable bonds is 6. The number of urea groups is 1. The molecule has 2 bridgehead atoms. The Morgan fingerprint density at radius 2 is 1.64 bits per heavy atom. The Kier molecular flexibility index (Phi) is 8.61. The zero-order valence-corrected chi connectivity index (χ0v) is 26.2. The van der Waals surface area contributed by atoms with Crippen LogP contribution in [0.3, 0.4) is 0 Å². The molecule has 5 rings (SSSR count). The summed E-state index contributed by atoms with van der Waals surface area (Å²) in [5.74, 6) is -0.519. The van der Waals surface area contributed by atoms with E-state index < -0.39 is 29.4 Å². The number of hydrogen-bond donors (Lipinski definition) is 1. The predicted molar refractivity (Wildman–Crippen MR) is 158 cm³/mol. The van der Waals surface area contributed by atoms with Crippen molar-refractivity contribution in [3.8, 4) is 0 Å². The van der Waals surface area contributed by atoms with Crippen LogP contribution in [0.5, 0.6) is 0 Å². The number of likely N-dealkylation sites (tertiary alicyclic amines) is 1. The number of ether oxygens (including phenoxy) is 2. The van der Waals surface area contributed by atoms with Gasteiger partial charge in [0.05, 0.1) is 18.3 Å². The lowest BCUT2D eigenvalue weighted by molar-refractivity contribution is -0.141. The number of amides is 4. The molecule has 4 heterocycles. The standard InChI is InChI=1S/C31H42N6O7/c1-30(2,3)43-27(39)32-16-23-25-22(24-18-35(23)28(40)37(24)42-19-20-10-8-7-9-11-20)17-36(33-25)26(38)21-12-14-34(15-13-21)29(41)44-31(4,5)6/h7-11,17,21,23-24H,12-16,18-19H2,1-6H3,(H,32,39)/t23-,24-/m1/s1. The highest BCUT2D eigenvalue weighted by Crippen LogP contribution is 2.43. The second kappa shape index (κ2) is 12.1. The summed E-state index contributed by atoms with van der Waals surface area (Å²) >= 11 is 0. The van der Waals surface area contributed by atoms with Gasteiger partial charge in [0.15, 0.2) is 0 Å². The minimum atomic E-state index is -0.689. The van der Waals surface area contributed by atoms with Crippen LogP contribution in [-0.4, -0.2) is 86.1 Å². The Labute approximate surface area is 257 Å². The molecule has 0 aliphatic carbocycles. The second-order valence-electron chi connectivity index (χ2n) is 13.4. The number of fused-ring (bicyclic) bond motifs is 4. The molecular weight excluding hydrogens is 568 g/mol. The summed E-state index contributed by atoms with van der Waals surface area (Å²) in [5, 5.41) is 8.79. The van der Waals surface area contributed by atoms with Crippen molar-refractivity contribution in [3.05, 3.63) is 53.3 Å². The van der Waals surface area contributed by atoms with Crippen LogP contribution in [0.15, 0.2) is 36.5 Å². The molecule has 2 aromatic rings. The third-order valence-electron chi connectivity index (χ3n) is 7.68. The van der Waals surface area contributed by atoms with Gasteiger partial charge in [-0.1, -0.05) is 30.3 Å². The van der Waals surface area contributed by atoms with E-state index in [1.54, 1.807) is 36.8 Å². The van der Waals surface area contributed by atoms with E-state index in [4.69, 9.17) is 14.3 Å². The molecule has 4 amide bonds. The smallest absolute Gasteiger partial charge is 0.410 e. The van der Waals surface area contributed by atoms with E-state index in [2.05, 4.69) is 10.4 Å². The maximum absolute atomic E-state index is 13.7. The van der Waals surface area contributed by atoms with Crippen LogP contribution in [0.2, 0.25) is 0 Å². The maximum Gasteiger partial charge on any atom is 0.410 e. The molecule has 3 aliphatic rings. The average molecular weight is 611 g/mol. The quantitative estimate of drug-likeness (QED) is 0.499. The summed E-state index contributed by atoms with van der Waals surface area (Å²) in [6.07, 6.45) is 1.64. The highest BCUT2D eigenvalue weighted by Gasteiger charge is 2.51. The van der Waals surface area contributed by atoms with Crippen molar-refractivity contribution in [1.82, 2.24) is 30.0 Å². The van der Waals surface area contributed by atoms with Crippen LogP contribution >= 0.6 is 0 Å². The van der Waals surface area contributed by atoms with Gasteiger partial charge in [-0.2, -0.15) is 10.2 Å². The van der Waals surface area contributed by atoms with Crippen LogP contribution in [0, 0.1) is 5.92 Å². The molecule has 0 unspecified atom stereocenters. The van der Waals surface area contributed by atoms with E-state index in [0.29, 0.717) is 43.7 Å². The number of benzene rings is 1. The zero-order valence-electron chi connectivity index (χ0n) is 26.2. The first-order chi connectivity index (χ1) is 20.7. The van der Waals surface area contributed by atoms with Gasteiger partial charge in [0.25, 0.3) is 0 Å². The molecule has 13 nitrogen and oxygen atoms in total. The first kappa shape index (κ1) is 31.3. The number of piperidine rings is 1. The van der Waals surface area contributed by atoms with Gasteiger partial charge in [0.1, 0.15) is 23.9 Å². The molecule has 3 aliphatic heterocycles. The molecule has 1 aromatic heterocycles. The topological polar surface area (TPSA) is 136 Å². The Morgan fingerprint density at radius 3 is 2.27 bits per heavy atom. The van der Waals surface area contributed by atoms with E-state index in [-0.39, 0.29) is 37.1 Å². The molecule has 0 radical (unpaired) electrons. The van der Waals surface area contributed by atoms with Crippen LogP contribution < -0.4 is 5.32 Å². The molecule has 2 fully saturated rings. The highest BCUT2D eigenvalue weighted by molar-refractivity contribution is 5.82. The van der Waals surface area contributed by atoms with Crippen LogP contribution in [-0.2, 0) is 20.9 Å². The summed E-state index contributed by atoms with van der Waals surface area (Å²) in [6, 6.07) is 8.09. The number of aromatic nitrogens is 2. The summed E-state index contributed by atoms with van der Waals surface area (Å²) in [6.45, 7) is 12.1. The molecule has 2 saturated heterocycles. The second-order valence-corrected chi connectivity index (χ2v) is 13.4. The molecule has 0 spiro atoms. The van der Waals surface area contributed by atoms with Gasteiger partial charge in [-0.15, -0.1) is 0 Å². The number of nitrogens with one attached hydrogen (secondary N) is 1. The molecule has 2 atom stereocenters. The fourth-order valence-electron chi connectivity index (χ4n) is 5.65. The molecule has 13 heteroatoms. The first-order valence-corrected chi connectivity index (χ1v) is 15.1. The van der Waals surface area contributed by atoms with Gasteiger partial charge in [-0.05, 0) is 59.9 Å². The van der Waals surface area contributed by atoms with Crippen molar-refractivity contribution in [1.29, 1.82) is 0 Å². The predicted octanol–water partition coefficient (Wildman–Crippen LogP) is 4.66. The fourth-order valence-corrected chi connectivity index (χ4v) is 5.65. The van der Waals surface area contributed by atoms with E-state index >= 15 is 0 Å². The monoisotopic (exact) mass is 610 g/mol. The van der Waals surface area contributed by atoms with E-state index in [1.165, 1.54) is 9.75 Å². The van der Waals surface area contributed by atoms with Gasteiger partial charge in [0, 0.05) is 37.3 Å². The highest BCUT2D eigenvalue weighted by atomic mass is 16.7. The molecule has 1 aromatic carbocycles. The van der Waals surface area contributed by atoms with Crippen molar-refractivity contribution in [2.45, 2.75) is 84.3 Å². The summed E-state index contributed by atoms with van der Waals surface area (Å²) < 4.78 is 12.2. The lowest BCUT2D eigenvalue weighted by Crippen LogP contribution is -2.43. The van der Waals surface area contributed by atoms with Crippen molar-refractivity contribution in [3.63, 3.8) is 0 Å². The normalized spacial score (nSPS) is 20.4. The Morgan fingerprint density at radius 1 is 0.977 bits per heavy atom. The van der Waals surface area contributed by atoms with Gasteiger partial charge < -0.3 is 24.6 Å². The SMILES string of the molecule is CC(C)(C)OC(=O)NC[C@@H]1c2nn(C(=O)C3CCN(C(=O)OC(C)(C)C)CC3)cc2[C@H]2CN1C(=O)N2OCc1ccccc1. The van der Waals surface area contributed by atoms with Crippen LogP contribution in [0.4, 0.5) is 14.4 Å². The third kappa shape index (κ3) is 6.98. The van der Waals surface area contributed by atoms with Gasteiger partial charge >= 0.3 is 18.2 Å². The molecule has 0 saturated carbocycles. The zero-order chi connectivity index (χ0) is 31.8. The van der Waals surface area contributed by atoms with Gasteiger partial charge in [-0.25, -0.2) is 19.1 Å².